The quantitative estimate of drug-likeness (QED) is 0.0320. The molecule has 33 nitrogen and oxygen atoms in total. The Morgan fingerprint density at radius 1 is 0.747 bits per heavy atom. The van der Waals surface area contributed by atoms with Crippen LogP contribution >= 0.6 is 22.5 Å². The van der Waals surface area contributed by atoms with Crippen molar-refractivity contribution >= 4 is 69.5 Å². The number of carbonyl (C=O) groups excluding carboxylic acids is 7. The molecule has 99 heavy (non-hydrogen) atoms. The molecule has 4 aliphatic heterocycles. The van der Waals surface area contributed by atoms with Crippen molar-refractivity contribution in [3.8, 4) is 32.6 Å². The van der Waals surface area contributed by atoms with E-state index in [2.05, 4.69) is 63.3 Å². The van der Waals surface area contributed by atoms with Crippen LogP contribution in [0.4, 0.5) is 5.69 Å². The van der Waals surface area contributed by atoms with Gasteiger partial charge in [-0.05, 0) is 106 Å². The molecule has 3 aromatic carbocycles. The number of rotatable bonds is 25. The van der Waals surface area contributed by atoms with E-state index < -0.39 is 201 Å². The van der Waals surface area contributed by atoms with Crippen LogP contribution < -0.4 is 41.0 Å². The van der Waals surface area contributed by atoms with Gasteiger partial charge in [-0.2, -0.15) is 0 Å². The fourth-order valence-electron chi connectivity index (χ4n) is 12.3. The van der Waals surface area contributed by atoms with Gasteiger partial charge in [-0.1, -0.05) is 36.5 Å². The lowest BCUT2D eigenvalue weighted by Crippen LogP contribution is -2.64. The summed E-state index contributed by atoms with van der Waals surface area (Å²) in [7, 11) is 1.69. The molecule has 4 fully saturated rings. The predicted octanol–water partition coefficient (Wildman–Crippen LogP) is -1.96. The van der Waals surface area contributed by atoms with Crippen molar-refractivity contribution in [1.82, 2.24) is 51.9 Å². The van der Waals surface area contributed by atoms with Gasteiger partial charge in [0.15, 0.2) is 11.5 Å². The van der Waals surface area contributed by atoms with E-state index in [1.165, 1.54) is 36.5 Å². The molecule has 8 rings (SSSR count). The highest BCUT2D eigenvalue weighted by atomic mass is 32.3. The van der Waals surface area contributed by atoms with Gasteiger partial charge >= 0.3 is 0 Å². The monoisotopic (exact) mass is 1430 g/mol. The summed E-state index contributed by atoms with van der Waals surface area (Å²) < 4.78 is 44.4. The van der Waals surface area contributed by atoms with Crippen LogP contribution in [0.5, 0.6) is 11.5 Å². The van der Waals surface area contributed by atoms with Crippen molar-refractivity contribution in [2.45, 2.75) is 144 Å². The Hall–Kier alpha value is -7.30. The Kier molecular flexibility index (Phi) is 28.0. The number of hydrogen-bond acceptors (Lipinski definition) is 27. The number of methoxy groups -OCH3 is 1. The molecule has 4 aromatic rings. The standard InChI is InChI=1S/C64H91N11O22S2/c1-34-29-75-54(55(34)84)60(89)66-28-43(79)26-45(67-56(85)38-7-9-39(10-8-38)61-71-72-62(98-61)40-11-13-42(14-12-40)73-20-17-36(18-21-73)33-96-23-5-4-22-95-3)57(86)68-51(35(2)78)63(90)74-30-44(80)27-46(74)58(87)69-52(49(83)24-37-6-15-47(81)50(25-37)97-99(92,93)94)59(88)70-53(64(75)91)48(82)16-19-65-41(31-76)32-77/h6-15,25,34-36,41,43-46,48-49,51-55,65,76-84,92-94H,4-5,16-24,26-33H2,1-3H3,(H,66,89)(H,67,85)(H,68,86)(H,69,87)(H,70,88)/t34-,35+,43+,44+,45-,46-,48+,49+,51-,52-,53-,54-,55-/m0/s1. The first-order valence-corrected chi connectivity index (χ1v) is 34.9. The second-order valence-electron chi connectivity index (χ2n) is 25.4. The summed E-state index contributed by atoms with van der Waals surface area (Å²) >= 11 is -3.43. The molecule has 4 aliphatic rings. The number of aromatic hydroxyl groups is 1. The zero-order valence-corrected chi connectivity index (χ0v) is 56.6. The van der Waals surface area contributed by atoms with Crippen molar-refractivity contribution in [2.24, 2.45) is 11.8 Å². The molecule has 7 amide bonds. The number of benzene rings is 3. The lowest BCUT2D eigenvalue weighted by molar-refractivity contribution is -0.147. The summed E-state index contributed by atoms with van der Waals surface area (Å²) in [4.78, 5) is 106. The van der Waals surface area contributed by atoms with E-state index in [4.69, 9.17) is 9.47 Å². The molecule has 5 heterocycles. The highest BCUT2D eigenvalue weighted by molar-refractivity contribution is 8.15. The van der Waals surface area contributed by atoms with E-state index in [9.17, 15) is 93.2 Å². The van der Waals surface area contributed by atoms with Crippen molar-refractivity contribution in [1.29, 1.82) is 0 Å². The van der Waals surface area contributed by atoms with Gasteiger partial charge in [0, 0.05) is 107 Å². The zero-order valence-electron chi connectivity index (χ0n) is 54.9. The van der Waals surface area contributed by atoms with Crippen LogP contribution in [0, 0.1) is 11.8 Å². The van der Waals surface area contributed by atoms with Crippen LogP contribution in [0.3, 0.4) is 0 Å². The maximum Gasteiger partial charge on any atom is 0.266 e. The zero-order chi connectivity index (χ0) is 71.8. The molecule has 0 bridgehead atoms. The van der Waals surface area contributed by atoms with Crippen molar-refractivity contribution in [3.05, 3.63) is 77.9 Å². The van der Waals surface area contributed by atoms with Gasteiger partial charge in [-0.3, -0.25) is 47.2 Å². The van der Waals surface area contributed by atoms with E-state index in [0.29, 0.717) is 21.5 Å². The second kappa shape index (κ2) is 35.8. The third-order valence-corrected chi connectivity index (χ3v) is 19.3. The van der Waals surface area contributed by atoms with Gasteiger partial charge in [0.05, 0.1) is 55.9 Å². The minimum absolute atomic E-state index is 0.00293. The Morgan fingerprint density at radius 3 is 2.01 bits per heavy atom. The van der Waals surface area contributed by atoms with Gasteiger partial charge in [0.25, 0.3) is 17.1 Å². The highest BCUT2D eigenvalue weighted by Crippen LogP contribution is 2.41. The predicted molar refractivity (Wildman–Crippen MR) is 357 cm³/mol. The molecular weight excluding hydrogens is 1340 g/mol. The van der Waals surface area contributed by atoms with Gasteiger partial charge in [0.1, 0.15) is 46.3 Å². The Bertz CT molecular complexity index is 3360. The second-order valence-corrected chi connectivity index (χ2v) is 27.5. The van der Waals surface area contributed by atoms with Gasteiger partial charge < -0.3 is 106 Å². The van der Waals surface area contributed by atoms with Crippen LogP contribution in [-0.4, -0.2) is 279 Å². The van der Waals surface area contributed by atoms with E-state index in [0.717, 1.165) is 98.7 Å². The van der Waals surface area contributed by atoms with Gasteiger partial charge in [-0.25, -0.2) is 0 Å². The number of hydrogen-bond donors (Lipinski definition) is 18. The molecule has 18 N–H and O–H groups in total. The van der Waals surface area contributed by atoms with Crippen LogP contribution in [0.15, 0.2) is 66.7 Å². The average molecular weight is 1430 g/mol. The fourth-order valence-corrected chi connectivity index (χ4v) is 13.5. The van der Waals surface area contributed by atoms with E-state index in [1.807, 2.05) is 12.1 Å². The first kappa shape index (κ1) is 77.4. The molecule has 35 heteroatoms. The van der Waals surface area contributed by atoms with E-state index in [1.54, 1.807) is 19.2 Å². The topological polar surface area (TPSA) is 498 Å². The summed E-state index contributed by atoms with van der Waals surface area (Å²) in [5.74, 6) is -10.00. The fraction of sp³-hybridized carbons (Fsp3) is 0.578. The lowest BCUT2D eigenvalue weighted by Gasteiger charge is -2.34. The summed E-state index contributed by atoms with van der Waals surface area (Å²) in [5, 5.41) is 124. The summed E-state index contributed by atoms with van der Waals surface area (Å²) in [6.45, 7) is 3.53. The van der Waals surface area contributed by atoms with E-state index in [-0.39, 0.29) is 24.2 Å². The number of nitrogens with zero attached hydrogens (tertiary/aromatic N) is 5. The molecule has 1 aromatic heterocycles. The van der Waals surface area contributed by atoms with Gasteiger partial charge in [-0.15, -0.1) is 10.2 Å². The molecule has 0 radical (unpaired) electrons. The number of carbonyl (C=O) groups is 7. The number of aliphatic hydroxyl groups excluding tert-OH is 8. The SMILES string of the molecule is COCCCCOCC1CCN(c2ccc(-c3nnc(-c4ccc(C(=O)N[C@H]5C[C@@H](O)CNC(=O)[C@@H]6[C@@H](O)[C@@H](C)CN6C(=O)[C@H]([C@H](O)CCNC(CO)CO)NC(=O)[C@H]([C@H](O)Cc6ccc(O)c(OS(O)(O)O)c6)NC(=O)[C@@H]6C[C@@H](O)CN6C(=O)[C@H]([C@@H](C)O)NC5=O)cc4)s3)cc2)CC1. The van der Waals surface area contributed by atoms with Crippen LogP contribution in [0.25, 0.3) is 21.1 Å². The maximum atomic E-state index is 15.0. The number of aliphatic hydroxyl groups is 8. The molecule has 0 saturated carbocycles. The average Bonchev–Trinajstić information content (AvgIpc) is 1.69. The number of amides is 7. The number of β-amino-alcohol motifs (C(OH)–C–C–N with tert-alkyl or cyclic N) is 1. The summed E-state index contributed by atoms with van der Waals surface area (Å²) in [5.41, 5.74) is 2.46. The van der Waals surface area contributed by atoms with E-state index >= 15 is 0 Å². The van der Waals surface area contributed by atoms with Gasteiger partial charge in [0.2, 0.25) is 35.4 Å². The molecule has 4 saturated heterocycles. The molecule has 0 unspecified atom stereocenters. The number of aromatic nitrogens is 2. The number of anilines is 1. The maximum absolute atomic E-state index is 15.0. The largest absolute Gasteiger partial charge is 0.504 e. The number of fused-ring (bicyclic) bond motifs is 2. The first-order valence-electron chi connectivity index (χ1n) is 32.7. The Morgan fingerprint density at radius 2 is 1.37 bits per heavy atom. The number of unbranched alkanes of at least 4 members (excludes halogenated alkanes) is 1. The first-order chi connectivity index (χ1) is 47.2. The highest BCUT2D eigenvalue weighted by Gasteiger charge is 2.50. The van der Waals surface area contributed by atoms with Crippen LogP contribution in [-0.2, 0) is 44.7 Å². The number of piperidine rings is 1. The number of ether oxygens (including phenoxy) is 2. The molecular formula is C64H91N11O22S2. The molecule has 546 valence electrons. The number of phenolic OH excluding ortho intramolecular Hbond substituents is 1. The third kappa shape index (κ3) is 20.9. The Balaban J connectivity index is 1.04. The lowest BCUT2D eigenvalue weighted by atomic mass is 9.97. The smallest absolute Gasteiger partial charge is 0.266 e. The van der Waals surface area contributed by atoms with Crippen LogP contribution in [0.2, 0.25) is 0 Å². The van der Waals surface area contributed by atoms with Crippen molar-refractivity contribution in [3.63, 3.8) is 0 Å². The Labute approximate surface area is 576 Å². The third-order valence-electron chi connectivity index (χ3n) is 17.9. The molecule has 0 aliphatic carbocycles. The number of phenols is 1. The normalized spacial score (nSPS) is 25.4. The van der Waals surface area contributed by atoms with Crippen LogP contribution in [0.1, 0.15) is 74.7 Å². The minimum atomic E-state index is -4.75. The summed E-state index contributed by atoms with van der Waals surface area (Å²) in [6.07, 6.45) is -9.10. The molecule has 0 spiro atoms. The van der Waals surface area contributed by atoms with Crippen molar-refractivity contribution < 1.29 is 107 Å². The molecule has 13 atom stereocenters. The van der Waals surface area contributed by atoms with Crippen molar-refractivity contribution in [2.75, 3.05) is 84.3 Å². The number of nitrogens with one attached hydrogen (secondary N) is 6. The minimum Gasteiger partial charge on any atom is -0.504 e. The summed E-state index contributed by atoms with van der Waals surface area (Å²) in [6, 6.07) is 4.64.